The molecule has 0 spiro atoms. The number of rotatable bonds is 3. The van der Waals surface area contributed by atoms with Crippen molar-refractivity contribution in [2.75, 3.05) is 0 Å². The summed E-state index contributed by atoms with van der Waals surface area (Å²) < 4.78 is 2.29. The molecule has 0 saturated carbocycles. The van der Waals surface area contributed by atoms with Gasteiger partial charge in [0.2, 0.25) is 0 Å². The molecule has 3 aromatic rings. The van der Waals surface area contributed by atoms with Gasteiger partial charge in [-0.25, -0.2) is 4.98 Å². The molecule has 0 saturated heterocycles. The highest BCUT2D eigenvalue weighted by atomic mass is 15.1. The SMILES string of the molecule is Cc1ccc(-n2c(CC(C)C)nc3ccccc32)cc1. The molecule has 0 amide bonds. The lowest BCUT2D eigenvalue weighted by Gasteiger charge is -2.11. The number of hydrogen-bond acceptors (Lipinski definition) is 1. The van der Waals surface area contributed by atoms with E-state index in [9.17, 15) is 0 Å². The Morgan fingerprint density at radius 3 is 2.40 bits per heavy atom. The van der Waals surface area contributed by atoms with Gasteiger partial charge in [-0.1, -0.05) is 43.7 Å². The molecule has 0 fully saturated rings. The molecule has 0 unspecified atom stereocenters. The van der Waals surface area contributed by atoms with E-state index in [0.29, 0.717) is 5.92 Å². The molecular weight excluding hydrogens is 244 g/mol. The number of para-hydroxylation sites is 2. The first-order valence-corrected chi connectivity index (χ1v) is 7.18. The van der Waals surface area contributed by atoms with Crippen LogP contribution in [0.4, 0.5) is 0 Å². The van der Waals surface area contributed by atoms with E-state index in [1.165, 1.54) is 16.8 Å². The van der Waals surface area contributed by atoms with Crippen molar-refractivity contribution in [3.05, 3.63) is 59.9 Å². The third-order valence-electron chi connectivity index (χ3n) is 3.51. The number of hydrogen-bond donors (Lipinski definition) is 0. The predicted octanol–water partition coefficient (Wildman–Crippen LogP) is 4.53. The standard InChI is InChI=1S/C18H20N2/c1-13(2)12-18-19-16-6-4-5-7-17(16)20(18)15-10-8-14(3)9-11-15/h4-11,13H,12H2,1-3H3. The molecule has 0 N–H and O–H groups in total. The Labute approximate surface area is 120 Å². The van der Waals surface area contributed by atoms with Crippen molar-refractivity contribution < 1.29 is 0 Å². The van der Waals surface area contributed by atoms with Crippen molar-refractivity contribution in [3.8, 4) is 5.69 Å². The molecule has 2 heteroatoms. The fourth-order valence-electron chi connectivity index (χ4n) is 2.56. The van der Waals surface area contributed by atoms with Gasteiger partial charge in [0.1, 0.15) is 5.82 Å². The quantitative estimate of drug-likeness (QED) is 0.679. The second kappa shape index (κ2) is 5.12. The number of benzene rings is 2. The zero-order valence-electron chi connectivity index (χ0n) is 12.3. The van der Waals surface area contributed by atoms with E-state index in [-0.39, 0.29) is 0 Å². The lowest BCUT2D eigenvalue weighted by atomic mass is 10.1. The highest BCUT2D eigenvalue weighted by Crippen LogP contribution is 2.23. The number of aromatic nitrogens is 2. The van der Waals surface area contributed by atoms with Gasteiger partial charge in [-0.15, -0.1) is 0 Å². The third-order valence-corrected chi connectivity index (χ3v) is 3.51. The highest BCUT2D eigenvalue weighted by Gasteiger charge is 2.12. The summed E-state index contributed by atoms with van der Waals surface area (Å²) in [5, 5.41) is 0. The minimum absolute atomic E-state index is 0.594. The van der Waals surface area contributed by atoms with Gasteiger partial charge >= 0.3 is 0 Å². The maximum Gasteiger partial charge on any atom is 0.114 e. The van der Waals surface area contributed by atoms with Crippen molar-refractivity contribution in [2.45, 2.75) is 27.2 Å². The van der Waals surface area contributed by atoms with Gasteiger partial charge in [0, 0.05) is 12.1 Å². The molecule has 2 aromatic carbocycles. The van der Waals surface area contributed by atoms with Gasteiger partial charge in [0.25, 0.3) is 0 Å². The average molecular weight is 264 g/mol. The Balaban J connectivity index is 2.22. The van der Waals surface area contributed by atoms with Gasteiger partial charge in [0.15, 0.2) is 0 Å². The summed E-state index contributed by atoms with van der Waals surface area (Å²) in [5.41, 5.74) is 4.74. The minimum atomic E-state index is 0.594. The van der Waals surface area contributed by atoms with Crippen LogP contribution < -0.4 is 0 Å². The summed E-state index contributed by atoms with van der Waals surface area (Å²) >= 11 is 0. The lowest BCUT2D eigenvalue weighted by Crippen LogP contribution is -2.05. The van der Waals surface area contributed by atoms with E-state index < -0.39 is 0 Å². The van der Waals surface area contributed by atoms with Gasteiger partial charge in [-0.3, -0.25) is 4.57 Å². The molecule has 3 rings (SSSR count). The molecule has 0 atom stereocenters. The zero-order valence-corrected chi connectivity index (χ0v) is 12.3. The van der Waals surface area contributed by atoms with Crippen LogP contribution >= 0.6 is 0 Å². The summed E-state index contributed by atoms with van der Waals surface area (Å²) in [5.74, 6) is 1.74. The molecule has 102 valence electrons. The first kappa shape index (κ1) is 12.9. The van der Waals surface area contributed by atoms with Crippen LogP contribution in [-0.4, -0.2) is 9.55 Å². The Bertz CT molecular complexity index is 721. The largest absolute Gasteiger partial charge is 0.296 e. The minimum Gasteiger partial charge on any atom is -0.296 e. The van der Waals surface area contributed by atoms with Crippen LogP contribution in [-0.2, 0) is 6.42 Å². The molecule has 1 aromatic heterocycles. The Kier molecular flexibility index (Phi) is 3.31. The van der Waals surface area contributed by atoms with Crippen LogP contribution in [0.25, 0.3) is 16.7 Å². The molecule has 20 heavy (non-hydrogen) atoms. The fourth-order valence-corrected chi connectivity index (χ4v) is 2.56. The lowest BCUT2D eigenvalue weighted by molar-refractivity contribution is 0.616. The third kappa shape index (κ3) is 2.34. The van der Waals surface area contributed by atoms with Gasteiger partial charge < -0.3 is 0 Å². The van der Waals surface area contributed by atoms with Crippen LogP contribution in [0.3, 0.4) is 0 Å². The molecule has 0 radical (unpaired) electrons. The normalized spacial score (nSPS) is 11.4. The molecule has 0 aliphatic rings. The molecule has 0 aliphatic heterocycles. The average Bonchev–Trinajstić information content (AvgIpc) is 2.77. The molecule has 1 heterocycles. The number of fused-ring (bicyclic) bond motifs is 1. The topological polar surface area (TPSA) is 17.8 Å². The summed E-state index contributed by atoms with van der Waals surface area (Å²) in [4.78, 5) is 4.81. The van der Waals surface area contributed by atoms with E-state index in [4.69, 9.17) is 4.98 Å². The summed E-state index contributed by atoms with van der Waals surface area (Å²) in [6.45, 7) is 6.59. The molecule has 0 aliphatic carbocycles. The van der Waals surface area contributed by atoms with Crippen molar-refractivity contribution in [1.29, 1.82) is 0 Å². The maximum atomic E-state index is 4.81. The van der Waals surface area contributed by atoms with E-state index in [2.05, 4.69) is 67.8 Å². The van der Waals surface area contributed by atoms with Crippen LogP contribution in [0, 0.1) is 12.8 Å². The Morgan fingerprint density at radius 1 is 1.00 bits per heavy atom. The van der Waals surface area contributed by atoms with Crippen molar-refractivity contribution in [2.24, 2.45) is 5.92 Å². The van der Waals surface area contributed by atoms with Crippen LogP contribution in [0.1, 0.15) is 25.2 Å². The maximum absolute atomic E-state index is 4.81. The first-order chi connectivity index (χ1) is 9.65. The summed E-state index contributed by atoms with van der Waals surface area (Å²) in [6.07, 6.45) is 0.989. The Hall–Kier alpha value is -2.09. The van der Waals surface area contributed by atoms with E-state index >= 15 is 0 Å². The number of imidazole rings is 1. The monoisotopic (exact) mass is 264 g/mol. The van der Waals surface area contributed by atoms with E-state index in [0.717, 1.165) is 17.8 Å². The smallest absolute Gasteiger partial charge is 0.114 e. The number of aryl methyl sites for hydroxylation is 1. The predicted molar refractivity (Wildman–Crippen MR) is 84.3 cm³/mol. The van der Waals surface area contributed by atoms with Gasteiger partial charge in [-0.2, -0.15) is 0 Å². The van der Waals surface area contributed by atoms with Gasteiger partial charge in [0.05, 0.1) is 11.0 Å². The summed E-state index contributed by atoms with van der Waals surface area (Å²) in [7, 11) is 0. The van der Waals surface area contributed by atoms with Crippen molar-refractivity contribution in [3.63, 3.8) is 0 Å². The molecule has 2 nitrogen and oxygen atoms in total. The van der Waals surface area contributed by atoms with E-state index in [1.54, 1.807) is 0 Å². The van der Waals surface area contributed by atoms with Gasteiger partial charge in [-0.05, 0) is 37.1 Å². The first-order valence-electron chi connectivity index (χ1n) is 7.18. The highest BCUT2D eigenvalue weighted by molar-refractivity contribution is 5.78. The van der Waals surface area contributed by atoms with E-state index in [1.807, 2.05) is 6.07 Å². The summed E-state index contributed by atoms with van der Waals surface area (Å²) in [6, 6.07) is 17.0. The van der Waals surface area contributed by atoms with Crippen LogP contribution in [0.15, 0.2) is 48.5 Å². The Morgan fingerprint density at radius 2 is 1.70 bits per heavy atom. The van der Waals surface area contributed by atoms with Crippen molar-refractivity contribution in [1.82, 2.24) is 9.55 Å². The zero-order chi connectivity index (χ0) is 14.1. The molecule has 0 bridgehead atoms. The second-order valence-corrected chi connectivity index (χ2v) is 5.79. The second-order valence-electron chi connectivity index (χ2n) is 5.79. The van der Waals surface area contributed by atoms with Crippen molar-refractivity contribution >= 4 is 11.0 Å². The van der Waals surface area contributed by atoms with Crippen LogP contribution in [0.5, 0.6) is 0 Å². The molecular formula is C18H20N2. The fraction of sp³-hybridized carbons (Fsp3) is 0.278. The van der Waals surface area contributed by atoms with Crippen LogP contribution in [0.2, 0.25) is 0 Å². The number of nitrogens with zero attached hydrogens (tertiary/aromatic N) is 2.